The van der Waals surface area contributed by atoms with Gasteiger partial charge in [-0.15, -0.1) is 23.2 Å². The molecule has 0 heterocycles. The van der Waals surface area contributed by atoms with Crippen LogP contribution in [0.25, 0.3) is 0 Å². The van der Waals surface area contributed by atoms with E-state index in [4.69, 9.17) is 23.2 Å². The molecule has 0 rings (SSSR count). The van der Waals surface area contributed by atoms with Gasteiger partial charge in [0.1, 0.15) is 5.83 Å². The number of rotatable bonds is 2. The van der Waals surface area contributed by atoms with Crippen LogP contribution in [0.15, 0.2) is 10.3 Å². The van der Waals surface area contributed by atoms with Crippen molar-refractivity contribution in [3.63, 3.8) is 0 Å². The summed E-state index contributed by atoms with van der Waals surface area (Å²) in [6, 6.07) is 0. The molecule has 0 spiro atoms. The topological polar surface area (TPSA) is 0 Å². The molecule has 0 radical (unpaired) electrons. The van der Waals surface area contributed by atoms with Crippen LogP contribution < -0.4 is 0 Å². The van der Waals surface area contributed by atoms with Crippen LogP contribution in [0.5, 0.6) is 0 Å². The molecule has 48 valence electrons. The highest BCUT2D eigenvalue weighted by atomic mass is 79.9. The molecule has 0 unspecified atom stereocenters. The Morgan fingerprint density at radius 3 is 2.00 bits per heavy atom. The van der Waals surface area contributed by atoms with Crippen LogP contribution in [0.1, 0.15) is 0 Å². The molecule has 0 saturated heterocycles. The van der Waals surface area contributed by atoms with E-state index < -0.39 is 5.83 Å². The molecule has 0 nitrogen and oxygen atoms in total. The van der Waals surface area contributed by atoms with E-state index >= 15 is 0 Å². The van der Waals surface area contributed by atoms with E-state index in [1.807, 2.05) is 0 Å². The maximum atomic E-state index is 12.1. The molecule has 0 fully saturated rings. The van der Waals surface area contributed by atoms with Crippen molar-refractivity contribution in [3.05, 3.63) is 10.3 Å². The molecule has 0 bridgehead atoms. The zero-order valence-corrected chi connectivity index (χ0v) is 7.02. The molecule has 4 heteroatoms. The zero-order valence-electron chi connectivity index (χ0n) is 3.93. The van der Waals surface area contributed by atoms with Gasteiger partial charge >= 0.3 is 0 Å². The minimum absolute atomic E-state index is 0.118. The lowest BCUT2D eigenvalue weighted by Gasteiger charge is -1.90. The molecule has 0 aromatic carbocycles. The standard InChI is InChI=1S/C4H4BrCl2F/c5-3(1-6)4(8)2-7/h1-2H2/b4-3+. The first-order chi connectivity index (χ1) is 3.72. The summed E-state index contributed by atoms with van der Waals surface area (Å²) in [4.78, 5) is 0. The highest BCUT2D eigenvalue weighted by Crippen LogP contribution is 2.15. The van der Waals surface area contributed by atoms with E-state index in [2.05, 4.69) is 15.9 Å². The van der Waals surface area contributed by atoms with Gasteiger partial charge in [-0.1, -0.05) is 15.9 Å². The number of allylic oxidation sites excluding steroid dienone is 2. The van der Waals surface area contributed by atoms with Crippen molar-refractivity contribution in [2.75, 3.05) is 11.8 Å². The summed E-state index contributed by atoms with van der Waals surface area (Å²) in [5, 5.41) is 0. The Hall–Kier alpha value is 0.730. The van der Waals surface area contributed by atoms with Gasteiger partial charge in [0, 0.05) is 4.48 Å². The zero-order chi connectivity index (χ0) is 6.57. The quantitative estimate of drug-likeness (QED) is 0.629. The molecule has 0 aromatic rings. The van der Waals surface area contributed by atoms with Crippen molar-refractivity contribution in [1.82, 2.24) is 0 Å². The normalized spacial score (nSPS) is 13.5. The second-order valence-corrected chi connectivity index (χ2v) is 2.57. The van der Waals surface area contributed by atoms with Gasteiger partial charge in [0.05, 0.1) is 11.8 Å². The van der Waals surface area contributed by atoms with Crippen LogP contribution in [0.3, 0.4) is 0 Å². The fraction of sp³-hybridized carbons (Fsp3) is 0.500. The number of hydrogen-bond acceptors (Lipinski definition) is 0. The molecule has 0 aliphatic carbocycles. The van der Waals surface area contributed by atoms with Gasteiger partial charge in [0.15, 0.2) is 0 Å². The van der Waals surface area contributed by atoms with Gasteiger partial charge in [-0.2, -0.15) is 0 Å². The lowest BCUT2D eigenvalue weighted by atomic mass is 10.5. The predicted molar refractivity (Wildman–Crippen MR) is 38.5 cm³/mol. The molecule has 0 N–H and O–H groups in total. The fourth-order valence-electron chi connectivity index (χ4n) is 0.145. The van der Waals surface area contributed by atoms with E-state index in [0.29, 0.717) is 4.48 Å². The van der Waals surface area contributed by atoms with Crippen molar-refractivity contribution in [2.24, 2.45) is 0 Å². The largest absolute Gasteiger partial charge is 0.210 e. The van der Waals surface area contributed by atoms with E-state index in [9.17, 15) is 4.39 Å². The third kappa shape index (κ3) is 2.90. The second kappa shape index (κ2) is 4.59. The van der Waals surface area contributed by atoms with Crippen LogP contribution in [0.4, 0.5) is 4.39 Å². The minimum Gasteiger partial charge on any atom is -0.210 e. The van der Waals surface area contributed by atoms with Crippen molar-refractivity contribution >= 4 is 39.1 Å². The van der Waals surface area contributed by atoms with E-state index in [-0.39, 0.29) is 11.8 Å². The highest BCUT2D eigenvalue weighted by Gasteiger charge is 1.97. The van der Waals surface area contributed by atoms with Crippen LogP contribution in [0, 0.1) is 0 Å². The first-order valence-corrected chi connectivity index (χ1v) is 3.73. The van der Waals surface area contributed by atoms with E-state index in [1.165, 1.54) is 0 Å². The minimum atomic E-state index is -0.401. The van der Waals surface area contributed by atoms with Crippen molar-refractivity contribution < 1.29 is 4.39 Å². The Bertz CT molecular complexity index is 90.2. The Labute approximate surface area is 65.8 Å². The third-order valence-corrected chi connectivity index (χ3v) is 2.06. The molecule has 0 atom stereocenters. The molecule has 8 heavy (non-hydrogen) atoms. The van der Waals surface area contributed by atoms with Gasteiger partial charge in [0.25, 0.3) is 0 Å². The van der Waals surface area contributed by atoms with Gasteiger partial charge in [-0.05, 0) is 0 Å². The van der Waals surface area contributed by atoms with Crippen molar-refractivity contribution in [3.8, 4) is 0 Å². The van der Waals surface area contributed by atoms with Gasteiger partial charge in [0.2, 0.25) is 0 Å². The van der Waals surface area contributed by atoms with Crippen LogP contribution in [-0.2, 0) is 0 Å². The van der Waals surface area contributed by atoms with Gasteiger partial charge in [-0.3, -0.25) is 0 Å². The maximum Gasteiger partial charge on any atom is 0.126 e. The second-order valence-electron chi connectivity index (χ2n) is 1.08. The third-order valence-electron chi connectivity index (χ3n) is 0.529. The summed E-state index contributed by atoms with van der Waals surface area (Å²) in [6.45, 7) is 0. The van der Waals surface area contributed by atoms with E-state index in [0.717, 1.165) is 0 Å². The lowest BCUT2D eigenvalue weighted by Crippen LogP contribution is -1.80. The average Bonchev–Trinajstić information content (AvgIpc) is 1.84. The van der Waals surface area contributed by atoms with Crippen molar-refractivity contribution in [1.29, 1.82) is 0 Å². The molecule has 0 aromatic heterocycles. The first-order valence-electron chi connectivity index (χ1n) is 1.87. The smallest absolute Gasteiger partial charge is 0.126 e. The van der Waals surface area contributed by atoms with Crippen LogP contribution in [-0.4, -0.2) is 11.8 Å². The Kier molecular flexibility index (Phi) is 5.01. The number of halogens is 4. The van der Waals surface area contributed by atoms with E-state index in [1.54, 1.807) is 0 Å². The van der Waals surface area contributed by atoms with Crippen molar-refractivity contribution in [2.45, 2.75) is 0 Å². The summed E-state index contributed by atoms with van der Waals surface area (Å²) in [5.74, 6) is -0.382. The first kappa shape index (κ1) is 8.73. The molecular formula is C4H4BrCl2F. The summed E-state index contributed by atoms with van der Waals surface area (Å²) in [7, 11) is 0. The molecule has 0 saturated carbocycles. The number of alkyl halides is 2. The van der Waals surface area contributed by atoms with Gasteiger partial charge < -0.3 is 0 Å². The Morgan fingerprint density at radius 2 is 1.88 bits per heavy atom. The molecule has 0 amide bonds. The van der Waals surface area contributed by atoms with Crippen LogP contribution >= 0.6 is 39.1 Å². The summed E-state index contributed by atoms with van der Waals surface area (Å²) in [6.07, 6.45) is 0. The van der Waals surface area contributed by atoms with Gasteiger partial charge in [-0.25, -0.2) is 4.39 Å². The monoisotopic (exact) mass is 220 g/mol. The molecule has 0 aliphatic heterocycles. The molecule has 0 aliphatic rings. The maximum absolute atomic E-state index is 12.1. The Balaban J connectivity index is 3.83. The molecular weight excluding hydrogens is 218 g/mol. The summed E-state index contributed by atoms with van der Waals surface area (Å²) >= 11 is 13.2. The average molecular weight is 222 g/mol. The SMILES string of the molecule is F/C(CCl)=C(/Br)CCl. The highest BCUT2D eigenvalue weighted by molar-refractivity contribution is 9.11. The van der Waals surface area contributed by atoms with Crippen LogP contribution in [0.2, 0.25) is 0 Å². The summed E-state index contributed by atoms with van der Waals surface area (Å²) < 4.78 is 12.5. The number of hydrogen-bond donors (Lipinski definition) is 0. The Morgan fingerprint density at radius 1 is 1.38 bits per heavy atom. The predicted octanol–water partition coefficient (Wildman–Crippen LogP) is 3.04. The fourth-order valence-corrected chi connectivity index (χ4v) is 0.753. The lowest BCUT2D eigenvalue weighted by molar-refractivity contribution is 0.639. The summed E-state index contributed by atoms with van der Waals surface area (Å²) in [5.41, 5.74) is 0.